The lowest BCUT2D eigenvalue weighted by atomic mass is 9.83. The Morgan fingerprint density at radius 1 is 0.889 bits per heavy atom. The molecule has 7 heteroatoms. The molecule has 1 aromatic heterocycles. The van der Waals surface area contributed by atoms with Crippen LogP contribution < -0.4 is 0 Å². The molecule has 194 valence electrons. The van der Waals surface area contributed by atoms with Crippen molar-refractivity contribution in [3.63, 3.8) is 0 Å². The fourth-order valence-electron chi connectivity index (χ4n) is 5.70. The molecule has 1 aromatic carbocycles. The van der Waals surface area contributed by atoms with E-state index in [1.165, 1.54) is 14.2 Å². The molecule has 2 aliphatic carbocycles. The number of rotatable bonds is 8. The number of aromatic nitrogens is 1. The summed E-state index contributed by atoms with van der Waals surface area (Å²) in [6.07, 6.45) is 8.57. The van der Waals surface area contributed by atoms with Gasteiger partial charge in [-0.3, -0.25) is 4.79 Å². The van der Waals surface area contributed by atoms with Crippen LogP contribution in [0.4, 0.5) is 0 Å². The van der Waals surface area contributed by atoms with Gasteiger partial charge >= 0.3 is 17.9 Å². The maximum atomic E-state index is 13.2. The summed E-state index contributed by atoms with van der Waals surface area (Å²) in [4.78, 5) is 39.4. The van der Waals surface area contributed by atoms with Crippen LogP contribution in [0.3, 0.4) is 0 Å². The molecule has 4 rings (SSSR count). The molecule has 0 N–H and O–H groups in total. The summed E-state index contributed by atoms with van der Waals surface area (Å²) in [5.41, 5.74) is 2.71. The van der Waals surface area contributed by atoms with E-state index in [1.807, 2.05) is 36.4 Å². The highest BCUT2D eigenvalue weighted by atomic mass is 16.6. The Labute approximate surface area is 213 Å². The Morgan fingerprint density at radius 3 is 2.14 bits per heavy atom. The predicted molar refractivity (Wildman–Crippen MR) is 135 cm³/mol. The summed E-state index contributed by atoms with van der Waals surface area (Å²) in [6, 6.07) is 11.6. The van der Waals surface area contributed by atoms with Gasteiger partial charge in [0.2, 0.25) is 6.10 Å². The van der Waals surface area contributed by atoms with E-state index in [0.717, 1.165) is 75.3 Å². The molecule has 0 saturated heterocycles. The molecule has 2 aromatic rings. The highest BCUT2D eigenvalue weighted by Crippen LogP contribution is 2.40. The van der Waals surface area contributed by atoms with Crippen molar-refractivity contribution in [2.45, 2.75) is 82.8 Å². The molecule has 0 bridgehead atoms. The van der Waals surface area contributed by atoms with E-state index in [9.17, 15) is 14.4 Å². The van der Waals surface area contributed by atoms with Crippen LogP contribution in [0.5, 0.6) is 0 Å². The van der Waals surface area contributed by atoms with Crippen LogP contribution in [-0.2, 0) is 30.3 Å². The monoisotopic (exact) mass is 495 g/mol. The molecule has 36 heavy (non-hydrogen) atoms. The van der Waals surface area contributed by atoms with Gasteiger partial charge in [-0.25, -0.2) is 9.59 Å². The van der Waals surface area contributed by atoms with Gasteiger partial charge in [-0.2, -0.15) is 0 Å². The van der Waals surface area contributed by atoms with Gasteiger partial charge in [-0.15, -0.1) is 0 Å². The van der Waals surface area contributed by atoms with Gasteiger partial charge in [0.15, 0.2) is 0 Å². The molecule has 0 radical (unpaired) electrons. The van der Waals surface area contributed by atoms with Gasteiger partial charge in [0.05, 0.1) is 25.8 Å². The molecule has 0 amide bonds. The van der Waals surface area contributed by atoms with E-state index in [-0.39, 0.29) is 17.8 Å². The zero-order valence-corrected chi connectivity index (χ0v) is 21.4. The van der Waals surface area contributed by atoms with Crippen molar-refractivity contribution in [2.24, 2.45) is 5.92 Å². The van der Waals surface area contributed by atoms with Crippen molar-refractivity contribution in [2.75, 3.05) is 14.2 Å². The minimum Gasteiger partial charge on any atom is -0.466 e. The van der Waals surface area contributed by atoms with Gasteiger partial charge in [0.1, 0.15) is 5.69 Å². The third-order valence-electron chi connectivity index (χ3n) is 7.63. The number of hydrogen-bond donors (Lipinski definition) is 0. The maximum absolute atomic E-state index is 13.2. The Morgan fingerprint density at radius 2 is 1.53 bits per heavy atom. The first-order valence-electron chi connectivity index (χ1n) is 13.2. The summed E-state index contributed by atoms with van der Waals surface area (Å²) in [5, 5.41) is 0. The van der Waals surface area contributed by atoms with E-state index in [0.29, 0.717) is 17.9 Å². The lowest BCUT2D eigenvalue weighted by molar-refractivity contribution is -0.170. The van der Waals surface area contributed by atoms with Crippen LogP contribution >= 0.6 is 0 Å². The van der Waals surface area contributed by atoms with E-state index >= 15 is 0 Å². The molecule has 2 aliphatic rings. The van der Waals surface area contributed by atoms with Crippen LogP contribution in [0.15, 0.2) is 36.4 Å². The van der Waals surface area contributed by atoms with Crippen LogP contribution in [0.25, 0.3) is 0 Å². The summed E-state index contributed by atoms with van der Waals surface area (Å²) in [5.74, 6) is -1.56. The number of carbonyl (C=O) groups excluding carboxylic acids is 3. The predicted octanol–water partition coefficient (Wildman–Crippen LogP) is 5.71. The van der Waals surface area contributed by atoms with Gasteiger partial charge < -0.3 is 18.8 Å². The van der Waals surface area contributed by atoms with E-state index in [4.69, 9.17) is 14.2 Å². The smallest absolute Gasteiger partial charge is 0.354 e. The molecule has 1 heterocycles. The first-order chi connectivity index (χ1) is 17.5. The third-order valence-corrected chi connectivity index (χ3v) is 7.63. The third kappa shape index (κ3) is 5.82. The van der Waals surface area contributed by atoms with Gasteiger partial charge in [0.25, 0.3) is 0 Å². The first-order valence-corrected chi connectivity index (χ1v) is 13.2. The zero-order chi connectivity index (χ0) is 25.5. The number of ether oxygens (including phenoxy) is 3. The molecular weight excluding hydrogens is 458 g/mol. The van der Waals surface area contributed by atoms with Crippen LogP contribution in [0, 0.1) is 5.92 Å². The molecule has 7 nitrogen and oxygen atoms in total. The van der Waals surface area contributed by atoms with Crippen molar-refractivity contribution in [3.8, 4) is 0 Å². The Balaban J connectivity index is 1.83. The fourth-order valence-corrected chi connectivity index (χ4v) is 5.70. The van der Waals surface area contributed by atoms with Crippen molar-refractivity contribution in [3.05, 3.63) is 58.9 Å². The minimum atomic E-state index is -1.25. The molecular formula is C29H37NO6. The number of carbonyl (C=O) groups is 3. The van der Waals surface area contributed by atoms with Crippen molar-refractivity contribution < 1.29 is 28.6 Å². The number of benzene rings is 1. The molecule has 2 fully saturated rings. The van der Waals surface area contributed by atoms with Crippen molar-refractivity contribution in [1.29, 1.82) is 0 Å². The van der Waals surface area contributed by atoms with Crippen LogP contribution in [-0.4, -0.2) is 36.7 Å². The number of methoxy groups -OCH3 is 2. The highest BCUT2D eigenvalue weighted by molar-refractivity contribution is 5.89. The summed E-state index contributed by atoms with van der Waals surface area (Å²) >= 11 is 0. The quantitative estimate of drug-likeness (QED) is 0.345. The topological polar surface area (TPSA) is 83.8 Å². The molecule has 0 aliphatic heterocycles. The Bertz CT molecular complexity index is 1050. The van der Waals surface area contributed by atoms with E-state index < -0.39 is 18.0 Å². The second kappa shape index (κ2) is 12.2. The van der Waals surface area contributed by atoms with E-state index in [1.54, 1.807) is 4.57 Å². The minimum absolute atomic E-state index is 0.162. The van der Waals surface area contributed by atoms with Gasteiger partial charge in [-0.05, 0) is 48.8 Å². The number of nitrogens with zero attached hydrogens (tertiary/aromatic N) is 1. The first kappa shape index (κ1) is 26.0. The van der Waals surface area contributed by atoms with Crippen LogP contribution in [0.1, 0.15) is 104 Å². The lowest BCUT2D eigenvalue weighted by Crippen LogP contribution is -2.30. The maximum Gasteiger partial charge on any atom is 0.354 e. The average Bonchev–Trinajstić information content (AvgIpc) is 3.30. The fraction of sp³-hybridized carbons (Fsp3) is 0.552. The van der Waals surface area contributed by atoms with Gasteiger partial charge in [0, 0.05) is 6.54 Å². The second-order valence-corrected chi connectivity index (χ2v) is 9.94. The number of esters is 3. The number of hydrogen-bond acceptors (Lipinski definition) is 6. The standard InChI is InChI=1S/C29H37NO6/c1-34-28(32)24-18-23(21-14-8-4-9-15-21)25(30(24)19-20-12-6-3-7-13-20)26(29(33)35-2)36-27(31)22-16-10-5-11-17-22/h3,6-7,12-13,18,21-22,26H,4-5,8-11,14-17,19H2,1-2H3. The summed E-state index contributed by atoms with van der Waals surface area (Å²) < 4.78 is 18.1. The Hall–Kier alpha value is -3.09. The molecule has 0 spiro atoms. The highest BCUT2D eigenvalue weighted by Gasteiger charge is 2.38. The van der Waals surface area contributed by atoms with Crippen molar-refractivity contribution in [1.82, 2.24) is 4.57 Å². The molecule has 1 atom stereocenters. The normalized spacial score (nSPS) is 17.8. The SMILES string of the molecule is COC(=O)c1cc(C2CCCCC2)c(C(OC(=O)C2CCCCC2)C(=O)OC)n1Cc1ccccc1. The largest absolute Gasteiger partial charge is 0.466 e. The summed E-state index contributed by atoms with van der Waals surface area (Å²) in [6.45, 7) is 0.335. The lowest BCUT2D eigenvalue weighted by Gasteiger charge is -2.27. The summed E-state index contributed by atoms with van der Waals surface area (Å²) in [7, 11) is 2.65. The second-order valence-electron chi connectivity index (χ2n) is 9.94. The molecule has 2 saturated carbocycles. The average molecular weight is 496 g/mol. The molecule has 1 unspecified atom stereocenters. The Kier molecular flexibility index (Phi) is 8.83. The van der Waals surface area contributed by atoms with Crippen molar-refractivity contribution >= 4 is 17.9 Å². The van der Waals surface area contributed by atoms with E-state index in [2.05, 4.69) is 0 Å². The zero-order valence-electron chi connectivity index (χ0n) is 21.4. The van der Waals surface area contributed by atoms with Crippen LogP contribution in [0.2, 0.25) is 0 Å². The van der Waals surface area contributed by atoms with Gasteiger partial charge in [-0.1, -0.05) is 68.9 Å².